The van der Waals surface area contributed by atoms with Gasteiger partial charge in [-0.25, -0.2) is 8.42 Å². The Kier molecular flexibility index (Phi) is 20.0. The maximum atomic E-state index is 11.4. The quantitative estimate of drug-likeness (QED) is 0.0915. The van der Waals surface area contributed by atoms with E-state index in [1.54, 1.807) is 31.4 Å². The molecule has 1 heterocycles. The van der Waals surface area contributed by atoms with Crippen LogP contribution >= 0.6 is 11.6 Å². The van der Waals surface area contributed by atoms with Gasteiger partial charge in [-0.05, 0) is 135 Å². The van der Waals surface area contributed by atoms with Crippen molar-refractivity contribution in [1.82, 2.24) is 0 Å². The van der Waals surface area contributed by atoms with E-state index in [-0.39, 0.29) is 11.5 Å². The highest BCUT2D eigenvalue weighted by Crippen LogP contribution is 2.34. The Bertz CT molecular complexity index is 2190. The standard InChI is InChI=1S/C21H26ClNO2.C19H23NO.C12H17NO3S/c1-3-5-13-23(14-6-4-2)18-9-12-21(20(22)15-18)25-19-10-7-17(16-24)8-11-19;1-3-7-16(8-4-1)15-20-17-11-13-19(14-12-17)21-18-9-5-2-6-10-18;1-10-3-4-11(12(9-10)16-2)13-5-7-17(14,15)8-6-13/h7-12,15-16H,3-6,13-14H2,1-2H3;1,3-4,7-8,11-14,18,20H,2,5-6,9-10,15H2;3-4,9H,5-8H2,1-2H3. The third-order valence-electron chi connectivity index (χ3n) is 11.2. The van der Waals surface area contributed by atoms with Gasteiger partial charge in [-0.1, -0.05) is 81.1 Å². The number of unbranched alkanes of at least 4 members (excludes halogenated alkanes) is 2. The van der Waals surface area contributed by atoms with Crippen molar-refractivity contribution >= 4 is 44.8 Å². The number of rotatable bonds is 17. The van der Waals surface area contributed by atoms with Gasteiger partial charge in [0.05, 0.1) is 35.4 Å². The number of hydrogen-bond acceptors (Lipinski definition) is 9. The van der Waals surface area contributed by atoms with Crippen LogP contribution in [0.15, 0.2) is 115 Å². The third kappa shape index (κ3) is 16.5. The smallest absolute Gasteiger partial charge is 0.153 e. The number of ether oxygens (including phenoxy) is 3. The summed E-state index contributed by atoms with van der Waals surface area (Å²) in [6.45, 7) is 10.4. The van der Waals surface area contributed by atoms with Gasteiger partial charge in [0.2, 0.25) is 0 Å². The van der Waals surface area contributed by atoms with Gasteiger partial charge in [0.15, 0.2) is 9.84 Å². The van der Waals surface area contributed by atoms with Gasteiger partial charge in [0.1, 0.15) is 29.3 Å². The zero-order valence-electron chi connectivity index (χ0n) is 37.6. The van der Waals surface area contributed by atoms with Crippen LogP contribution in [0.5, 0.6) is 23.0 Å². The average Bonchev–Trinajstić information content (AvgIpc) is 3.31. The number of anilines is 3. The van der Waals surface area contributed by atoms with Crippen LogP contribution in [0.25, 0.3) is 0 Å². The van der Waals surface area contributed by atoms with E-state index in [2.05, 4.69) is 83.6 Å². The van der Waals surface area contributed by atoms with Crippen LogP contribution < -0.4 is 29.3 Å². The summed E-state index contributed by atoms with van der Waals surface area (Å²) >= 11 is 6.44. The second-order valence-corrected chi connectivity index (χ2v) is 18.9. The van der Waals surface area contributed by atoms with E-state index < -0.39 is 9.84 Å². The van der Waals surface area contributed by atoms with E-state index in [9.17, 15) is 13.2 Å². The molecule has 0 amide bonds. The summed E-state index contributed by atoms with van der Waals surface area (Å²) in [5.74, 6) is 3.54. The average molecular weight is 897 g/mol. The largest absolute Gasteiger partial charge is 0.495 e. The molecule has 0 radical (unpaired) electrons. The molecule has 5 aromatic rings. The van der Waals surface area contributed by atoms with Crippen molar-refractivity contribution in [2.75, 3.05) is 59.9 Å². The number of sulfone groups is 1. The molecule has 0 spiro atoms. The number of aldehydes is 1. The highest BCUT2D eigenvalue weighted by Gasteiger charge is 2.23. The van der Waals surface area contributed by atoms with Gasteiger partial charge in [-0.15, -0.1) is 0 Å². The van der Waals surface area contributed by atoms with Crippen molar-refractivity contribution in [2.24, 2.45) is 0 Å². The van der Waals surface area contributed by atoms with Crippen LogP contribution in [0.2, 0.25) is 5.02 Å². The first kappa shape index (κ1) is 48.8. The Morgan fingerprint density at radius 1 is 0.778 bits per heavy atom. The highest BCUT2D eigenvalue weighted by atomic mass is 35.5. The molecular formula is C52H66ClN3O6S. The van der Waals surface area contributed by atoms with E-state index >= 15 is 0 Å². The lowest BCUT2D eigenvalue weighted by Gasteiger charge is -2.30. The van der Waals surface area contributed by atoms with Crippen LogP contribution in [-0.4, -0.2) is 65.6 Å². The number of benzene rings is 5. The normalized spacial score (nSPS) is 14.5. The van der Waals surface area contributed by atoms with Crippen molar-refractivity contribution in [3.63, 3.8) is 0 Å². The fourth-order valence-corrected chi connectivity index (χ4v) is 8.82. The molecule has 1 aliphatic heterocycles. The first-order valence-corrected chi connectivity index (χ1v) is 24.7. The van der Waals surface area contributed by atoms with Crippen molar-refractivity contribution in [1.29, 1.82) is 0 Å². The summed E-state index contributed by atoms with van der Waals surface area (Å²) < 4.78 is 40.0. The Labute approximate surface area is 381 Å². The number of nitrogens with zero attached hydrogens (tertiary/aromatic N) is 2. The zero-order chi connectivity index (χ0) is 44.9. The Morgan fingerprint density at radius 3 is 2.03 bits per heavy atom. The molecule has 1 saturated carbocycles. The molecule has 0 unspecified atom stereocenters. The summed E-state index contributed by atoms with van der Waals surface area (Å²) in [6, 6.07) is 37.7. The number of nitrogens with one attached hydrogen (secondary N) is 1. The Morgan fingerprint density at radius 2 is 1.43 bits per heavy atom. The molecule has 0 atom stereocenters. The second kappa shape index (κ2) is 25.8. The molecule has 1 N–H and O–H groups in total. The number of carbonyl (C=O) groups excluding carboxylic acids is 1. The van der Waals surface area contributed by atoms with Crippen LogP contribution in [0.4, 0.5) is 17.1 Å². The van der Waals surface area contributed by atoms with Crippen LogP contribution in [-0.2, 0) is 16.4 Å². The van der Waals surface area contributed by atoms with Crippen LogP contribution in [0.3, 0.4) is 0 Å². The van der Waals surface area contributed by atoms with Crippen LogP contribution in [0, 0.1) is 6.92 Å². The van der Waals surface area contributed by atoms with Gasteiger partial charge in [-0.3, -0.25) is 4.79 Å². The first-order chi connectivity index (χ1) is 30.6. The Hall–Kier alpha value is -5.19. The van der Waals surface area contributed by atoms with E-state index in [1.165, 1.54) is 63.4 Å². The predicted molar refractivity (Wildman–Crippen MR) is 262 cm³/mol. The molecule has 0 aromatic heterocycles. The summed E-state index contributed by atoms with van der Waals surface area (Å²) in [4.78, 5) is 15.2. The molecule has 9 nitrogen and oxygen atoms in total. The first-order valence-electron chi connectivity index (χ1n) is 22.5. The molecule has 63 heavy (non-hydrogen) atoms. The molecule has 1 aliphatic carbocycles. The lowest BCUT2D eigenvalue weighted by atomic mass is 9.98. The molecule has 0 bridgehead atoms. The fourth-order valence-electron chi connectivity index (χ4n) is 7.40. The minimum atomic E-state index is -2.83. The summed E-state index contributed by atoms with van der Waals surface area (Å²) in [6.07, 6.45) is 12.3. The molecule has 5 aromatic carbocycles. The molecule has 1 saturated heterocycles. The summed E-state index contributed by atoms with van der Waals surface area (Å²) in [7, 11) is -1.20. The molecule has 7 rings (SSSR count). The van der Waals surface area contributed by atoms with Gasteiger partial charge in [0.25, 0.3) is 0 Å². The van der Waals surface area contributed by atoms with E-state index in [1.807, 2.05) is 43.3 Å². The summed E-state index contributed by atoms with van der Waals surface area (Å²) in [5.41, 5.74) is 6.30. The molecule has 11 heteroatoms. The number of aryl methyl sites for hydroxylation is 1. The molecule has 2 aliphatic rings. The van der Waals surface area contributed by atoms with Gasteiger partial charge >= 0.3 is 0 Å². The van der Waals surface area contributed by atoms with Gasteiger partial charge in [-0.2, -0.15) is 0 Å². The zero-order valence-corrected chi connectivity index (χ0v) is 39.1. The molecular weight excluding hydrogens is 830 g/mol. The molecule has 2 fully saturated rings. The van der Waals surface area contributed by atoms with E-state index in [4.69, 9.17) is 25.8 Å². The summed E-state index contributed by atoms with van der Waals surface area (Å²) in [5, 5.41) is 4.03. The lowest BCUT2D eigenvalue weighted by molar-refractivity contribution is 0.112. The van der Waals surface area contributed by atoms with Crippen molar-refractivity contribution in [2.45, 2.75) is 91.2 Å². The minimum absolute atomic E-state index is 0.226. The molecule has 338 valence electrons. The van der Waals surface area contributed by atoms with E-state index in [0.717, 1.165) is 60.0 Å². The lowest BCUT2D eigenvalue weighted by Crippen LogP contribution is -2.40. The number of halogens is 1. The maximum Gasteiger partial charge on any atom is 0.153 e. The van der Waals surface area contributed by atoms with Crippen LogP contribution in [0.1, 0.15) is 93.1 Å². The Balaban J connectivity index is 0.000000181. The van der Waals surface area contributed by atoms with Crippen molar-refractivity contribution < 1.29 is 27.4 Å². The second-order valence-electron chi connectivity index (χ2n) is 16.2. The maximum absolute atomic E-state index is 11.4. The van der Waals surface area contributed by atoms with E-state index in [0.29, 0.717) is 41.3 Å². The fraction of sp³-hybridized carbons (Fsp3) is 0.404. The van der Waals surface area contributed by atoms with Gasteiger partial charge < -0.3 is 29.3 Å². The number of hydrogen-bond donors (Lipinski definition) is 1. The number of carbonyl (C=O) groups is 1. The van der Waals surface area contributed by atoms with Crippen molar-refractivity contribution in [3.05, 3.63) is 137 Å². The van der Waals surface area contributed by atoms with Gasteiger partial charge in [0, 0.05) is 49.7 Å². The number of methoxy groups -OCH3 is 1. The monoisotopic (exact) mass is 895 g/mol. The van der Waals surface area contributed by atoms with Crippen molar-refractivity contribution in [3.8, 4) is 23.0 Å². The SMILES string of the molecule is CCCCN(CCCC)c1ccc(Oc2ccc(C=O)cc2)c(Cl)c1.COc1cc(C)ccc1N1CCS(=O)(=O)CC1.c1ccc(CNc2ccc(OC3CCCCC3)cc2)cc1. The highest BCUT2D eigenvalue weighted by molar-refractivity contribution is 7.91. The topological polar surface area (TPSA) is 97.4 Å². The predicted octanol–water partition coefficient (Wildman–Crippen LogP) is 12.6. The third-order valence-corrected chi connectivity index (χ3v) is 13.1. The minimum Gasteiger partial charge on any atom is -0.495 e.